The van der Waals surface area contributed by atoms with E-state index in [9.17, 15) is 23.1 Å². The van der Waals surface area contributed by atoms with E-state index in [4.69, 9.17) is 9.73 Å². The molecule has 9 heteroatoms. The van der Waals surface area contributed by atoms with Crippen molar-refractivity contribution in [3.63, 3.8) is 0 Å². The van der Waals surface area contributed by atoms with E-state index >= 15 is 0 Å². The number of fused-ring (bicyclic) bond motifs is 1. The molecule has 1 amide bonds. The molecule has 6 nitrogen and oxygen atoms in total. The van der Waals surface area contributed by atoms with E-state index in [2.05, 4.69) is 4.90 Å². The van der Waals surface area contributed by atoms with Crippen LogP contribution in [-0.2, 0) is 6.18 Å². The van der Waals surface area contributed by atoms with Crippen molar-refractivity contribution in [2.24, 2.45) is 10.4 Å². The Hall–Kier alpha value is -3.23. The number of rotatable bonds is 3. The van der Waals surface area contributed by atoms with Gasteiger partial charge in [-0.3, -0.25) is 4.99 Å². The van der Waals surface area contributed by atoms with Crippen LogP contribution in [0.25, 0.3) is 11.1 Å². The molecule has 1 N–H and O–H groups in total. The first-order chi connectivity index (χ1) is 16.4. The van der Waals surface area contributed by atoms with Gasteiger partial charge in [-0.2, -0.15) is 13.2 Å². The maximum absolute atomic E-state index is 13.0. The number of hydrogen-bond acceptors (Lipinski definition) is 4. The van der Waals surface area contributed by atoms with Crippen LogP contribution in [-0.4, -0.2) is 65.7 Å². The highest BCUT2D eigenvalue weighted by Crippen LogP contribution is 2.34. The fourth-order valence-electron chi connectivity index (χ4n) is 4.58. The Kier molecular flexibility index (Phi) is 6.71. The Morgan fingerprint density at radius 3 is 2.46 bits per heavy atom. The van der Waals surface area contributed by atoms with Gasteiger partial charge < -0.3 is 19.6 Å². The summed E-state index contributed by atoms with van der Waals surface area (Å²) in [7, 11) is 0. The van der Waals surface area contributed by atoms with Crippen LogP contribution >= 0.6 is 0 Å². The summed E-state index contributed by atoms with van der Waals surface area (Å²) in [5, 5.41) is 9.82. The van der Waals surface area contributed by atoms with Gasteiger partial charge in [0, 0.05) is 19.6 Å². The van der Waals surface area contributed by atoms with Crippen LogP contribution in [0.15, 0.2) is 47.5 Å². The Balaban J connectivity index is 1.61. The lowest BCUT2D eigenvalue weighted by Crippen LogP contribution is -2.46. The third-order valence-corrected chi connectivity index (χ3v) is 6.17. The number of carboxylic acid groups (broad SMARTS) is 1. The molecule has 1 atom stereocenters. The van der Waals surface area contributed by atoms with Crippen molar-refractivity contribution in [2.75, 3.05) is 32.8 Å². The number of amidine groups is 1. The van der Waals surface area contributed by atoms with Crippen LogP contribution in [0.5, 0.6) is 5.75 Å². The summed E-state index contributed by atoms with van der Waals surface area (Å²) in [6.07, 6.45) is -4.62. The Bertz CT molecular complexity index is 1110. The van der Waals surface area contributed by atoms with Crippen molar-refractivity contribution in [3.8, 4) is 16.9 Å². The second-order valence-electron chi connectivity index (χ2n) is 10.2. The SMILES string of the molecule is CC(C)(C)CN(C(=O)O)[C@H]1CCN(C2=NCCOc3ccc(-c4ccc(C(F)(F)F)cc4)cc32)C1. The molecule has 2 aliphatic rings. The third-order valence-electron chi connectivity index (χ3n) is 6.17. The summed E-state index contributed by atoms with van der Waals surface area (Å²) in [4.78, 5) is 20.3. The number of amides is 1. The predicted octanol–water partition coefficient (Wildman–Crippen LogP) is 5.61. The number of benzene rings is 2. The van der Waals surface area contributed by atoms with Gasteiger partial charge in [-0.15, -0.1) is 0 Å². The van der Waals surface area contributed by atoms with Crippen LogP contribution in [0.1, 0.15) is 38.3 Å². The van der Waals surface area contributed by atoms with Gasteiger partial charge in [0.1, 0.15) is 18.2 Å². The van der Waals surface area contributed by atoms with Crippen LogP contribution in [0.4, 0.5) is 18.0 Å². The zero-order chi connectivity index (χ0) is 25.4. The monoisotopic (exact) mass is 489 g/mol. The molecule has 35 heavy (non-hydrogen) atoms. The topological polar surface area (TPSA) is 65.4 Å². The maximum Gasteiger partial charge on any atom is 0.416 e. The van der Waals surface area contributed by atoms with Crippen LogP contribution in [0, 0.1) is 5.41 Å². The van der Waals surface area contributed by atoms with Gasteiger partial charge in [0.25, 0.3) is 0 Å². The normalized spacial score (nSPS) is 18.4. The Morgan fingerprint density at radius 2 is 1.83 bits per heavy atom. The van der Waals surface area contributed by atoms with Crippen molar-refractivity contribution in [1.29, 1.82) is 0 Å². The first kappa shape index (κ1) is 24.9. The molecule has 2 aromatic rings. The molecule has 0 aromatic heterocycles. The highest BCUT2D eigenvalue weighted by atomic mass is 19.4. The largest absolute Gasteiger partial charge is 0.491 e. The van der Waals surface area contributed by atoms with Crippen LogP contribution in [0.3, 0.4) is 0 Å². The van der Waals surface area contributed by atoms with E-state index < -0.39 is 17.8 Å². The number of hydrogen-bond donors (Lipinski definition) is 1. The van der Waals surface area contributed by atoms with Gasteiger partial charge in [-0.25, -0.2) is 4.79 Å². The quantitative estimate of drug-likeness (QED) is 0.609. The van der Waals surface area contributed by atoms with Gasteiger partial charge in [0.2, 0.25) is 0 Å². The van der Waals surface area contributed by atoms with Crippen molar-refractivity contribution < 1.29 is 27.8 Å². The first-order valence-electron chi connectivity index (χ1n) is 11.7. The average Bonchev–Trinajstić information content (AvgIpc) is 3.16. The molecule has 1 fully saturated rings. The van der Waals surface area contributed by atoms with Crippen molar-refractivity contribution in [2.45, 2.75) is 39.4 Å². The van der Waals surface area contributed by atoms with Crippen LogP contribution in [0.2, 0.25) is 0 Å². The van der Waals surface area contributed by atoms with E-state index in [1.54, 1.807) is 0 Å². The predicted molar refractivity (Wildman–Crippen MR) is 128 cm³/mol. The fourth-order valence-corrected chi connectivity index (χ4v) is 4.58. The minimum atomic E-state index is -4.39. The van der Waals surface area contributed by atoms with E-state index in [0.29, 0.717) is 50.5 Å². The summed E-state index contributed by atoms with van der Waals surface area (Å²) in [6.45, 7) is 8.53. The molecule has 2 aromatic carbocycles. The Morgan fingerprint density at radius 1 is 1.14 bits per heavy atom. The highest BCUT2D eigenvalue weighted by Gasteiger charge is 2.35. The summed E-state index contributed by atoms with van der Waals surface area (Å²) >= 11 is 0. The number of nitrogens with zero attached hydrogens (tertiary/aromatic N) is 3. The van der Waals surface area contributed by atoms with Crippen molar-refractivity contribution in [1.82, 2.24) is 9.80 Å². The molecule has 0 saturated carbocycles. The number of halogens is 3. The number of alkyl halides is 3. The summed E-state index contributed by atoms with van der Waals surface area (Å²) in [5.41, 5.74) is 1.32. The standard InChI is InChI=1S/C26H30F3N3O3/c1-25(2,3)16-32(24(33)34)20-10-12-31(15-20)23-21-14-18(6-9-22(21)35-13-11-30-23)17-4-7-19(8-5-17)26(27,28)29/h4-9,14,20H,10-13,15-16H2,1-3H3,(H,33,34)/t20-/m0/s1. The summed E-state index contributed by atoms with van der Waals surface area (Å²) in [6, 6.07) is 10.5. The van der Waals surface area contributed by atoms with E-state index in [-0.39, 0.29) is 11.5 Å². The van der Waals surface area contributed by atoms with Gasteiger partial charge >= 0.3 is 12.3 Å². The molecule has 4 rings (SSSR count). The molecule has 2 aliphatic heterocycles. The minimum Gasteiger partial charge on any atom is -0.491 e. The smallest absolute Gasteiger partial charge is 0.416 e. The highest BCUT2D eigenvalue weighted by molar-refractivity contribution is 6.02. The minimum absolute atomic E-state index is 0.153. The molecule has 188 valence electrons. The number of ether oxygens (including phenoxy) is 1. The van der Waals surface area contributed by atoms with Gasteiger partial charge in [0.05, 0.1) is 23.7 Å². The molecular weight excluding hydrogens is 459 g/mol. The number of aliphatic imine (C=N–C) groups is 1. The molecule has 2 heterocycles. The second-order valence-corrected chi connectivity index (χ2v) is 10.2. The van der Waals surface area contributed by atoms with Crippen molar-refractivity contribution >= 4 is 11.9 Å². The summed E-state index contributed by atoms with van der Waals surface area (Å²) < 4.78 is 44.8. The number of likely N-dealkylation sites (tertiary alicyclic amines) is 1. The third kappa shape index (κ3) is 5.71. The fraction of sp³-hybridized carbons (Fsp3) is 0.462. The average molecular weight is 490 g/mol. The van der Waals surface area contributed by atoms with Gasteiger partial charge in [-0.1, -0.05) is 39.0 Å². The van der Waals surface area contributed by atoms with E-state index in [1.807, 2.05) is 39.0 Å². The molecule has 0 bridgehead atoms. The second kappa shape index (κ2) is 9.43. The van der Waals surface area contributed by atoms with E-state index in [1.165, 1.54) is 17.0 Å². The molecule has 1 saturated heterocycles. The van der Waals surface area contributed by atoms with Gasteiger partial charge in [-0.05, 0) is 47.2 Å². The van der Waals surface area contributed by atoms with E-state index in [0.717, 1.165) is 29.1 Å². The molecular formula is C26H30F3N3O3. The van der Waals surface area contributed by atoms with Crippen LogP contribution < -0.4 is 4.74 Å². The lowest BCUT2D eigenvalue weighted by Gasteiger charge is -2.32. The van der Waals surface area contributed by atoms with Crippen molar-refractivity contribution in [3.05, 3.63) is 53.6 Å². The Labute approximate surface area is 203 Å². The summed E-state index contributed by atoms with van der Waals surface area (Å²) in [5.74, 6) is 1.39. The van der Waals surface area contributed by atoms with Gasteiger partial charge in [0.15, 0.2) is 0 Å². The molecule has 0 radical (unpaired) electrons. The molecule has 0 unspecified atom stereocenters. The first-order valence-corrected chi connectivity index (χ1v) is 11.7. The lowest BCUT2D eigenvalue weighted by molar-refractivity contribution is -0.137. The zero-order valence-corrected chi connectivity index (χ0v) is 20.1. The zero-order valence-electron chi connectivity index (χ0n) is 20.1. The number of carbonyl (C=O) groups is 1. The lowest BCUT2D eigenvalue weighted by atomic mass is 9.95. The molecule has 0 spiro atoms. The molecule has 0 aliphatic carbocycles. The maximum atomic E-state index is 13.0.